The normalized spacial score (nSPS) is 15.7. The summed E-state index contributed by atoms with van der Waals surface area (Å²) in [5.41, 5.74) is 2.59. The van der Waals surface area contributed by atoms with Gasteiger partial charge in [0, 0.05) is 17.9 Å². The second kappa shape index (κ2) is 7.18. The van der Waals surface area contributed by atoms with Gasteiger partial charge in [0.25, 0.3) is 0 Å². The van der Waals surface area contributed by atoms with Crippen LogP contribution < -0.4 is 0 Å². The van der Waals surface area contributed by atoms with E-state index in [0.717, 1.165) is 22.8 Å². The van der Waals surface area contributed by atoms with Crippen molar-refractivity contribution in [3.8, 4) is 0 Å². The Hall–Kier alpha value is -1.94. The quantitative estimate of drug-likeness (QED) is 0.790. The van der Waals surface area contributed by atoms with Crippen LogP contribution in [0.25, 0.3) is 6.08 Å². The van der Waals surface area contributed by atoms with E-state index in [9.17, 15) is 14.7 Å². The van der Waals surface area contributed by atoms with Crippen LogP contribution in [0.15, 0.2) is 24.3 Å². The number of ketones is 1. The molecule has 0 amide bonds. The minimum atomic E-state index is -1.02. The molecule has 4 nitrogen and oxygen atoms in total. The van der Waals surface area contributed by atoms with E-state index in [0.29, 0.717) is 0 Å². The van der Waals surface area contributed by atoms with Gasteiger partial charge in [-0.05, 0) is 31.1 Å². The van der Waals surface area contributed by atoms with E-state index >= 15 is 0 Å². The molecule has 0 bridgehead atoms. The summed E-state index contributed by atoms with van der Waals surface area (Å²) in [5, 5.41) is 19.1. The van der Waals surface area contributed by atoms with Gasteiger partial charge in [-0.2, -0.15) is 0 Å². The van der Waals surface area contributed by atoms with Crippen LogP contribution in [0.4, 0.5) is 0 Å². The lowest BCUT2D eigenvalue weighted by Gasteiger charge is -2.25. The molecule has 1 rings (SSSR count). The van der Waals surface area contributed by atoms with Crippen LogP contribution in [0.3, 0.4) is 0 Å². The number of carbonyl (C=O) groups is 2. The first-order valence-corrected chi connectivity index (χ1v) is 6.94. The molecule has 21 heavy (non-hydrogen) atoms. The molecule has 114 valence electrons. The van der Waals surface area contributed by atoms with Gasteiger partial charge in [0.05, 0.1) is 6.10 Å². The van der Waals surface area contributed by atoms with Gasteiger partial charge in [-0.15, -0.1) is 0 Å². The monoisotopic (exact) mass is 290 g/mol. The number of aliphatic hydroxyl groups excluding tert-OH is 1. The summed E-state index contributed by atoms with van der Waals surface area (Å²) >= 11 is 0. The van der Waals surface area contributed by atoms with Gasteiger partial charge in [-0.1, -0.05) is 37.6 Å². The Kier molecular flexibility index (Phi) is 5.85. The Labute approximate surface area is 125 Å². The smallest absolute Gasteiger partial charge is 0.328 e. The summed E-state index contributed by atoms with van der Waals surface area (Å²) in [5.74, 6) is -1.81. The van der Waals surface area contributed by atoms with Crippen LogP contribution in [0, 0.1) is 12.8 Å². The molecule has 0 fully saturated rings. The lowest BCUT2D eigenvalue weighted by atomic mass is 9.83. The SMILES string of the molecule is CC(=O)[C@@H](C)[C@H](O)[C@@H](C)c1ccc(C)cc1/C=C/C(=O)O. The van der Waals surface area contributed by atoms with Crippen molar-refractivity contribution in [1.82, 2.24) is 0 Å². The molecule has 0 spiro atoms. The number of hydrogen-bond donors (Lipinski definition) is 2. The summed E-state index contributed by atoms with van der Waals surface area (Å²) in [6.45, 7) is 6.92. The van der Waals surface area contributed by atoms with Crippen LogP contribution >= 0.6 is 0 Å². The number of rotatable bonds is 6. The third-order valence-corrected chi connectivity index (χ3v) is 3.80. The standard InChI is InChI=1S/C17H22O4/c1-10-5-7-15(14(9-10)6-8-16(19)20)12(3)17(21)11(2)13(4)18/h5-9,11-12,17,21H,1-4H3,(H,19,20)/b8-6+/t11-,12+,17+/m1/s1. The molecular weight excluding hydrogens is 268 g/mol. The third-order valence-electron chi connectivity index (χ3n) is 3.80. The summed E-state index contributed by atoms with van der Waals surface area (Å²) in [4.78, 5) is 22.1. The summed E-state index contributed by atoms with van der Waals surface area (Å²) in [7, 11) is 0. The maximum atomic E-state index is 11.4. The molecule has 0 saturated heterocycles. The number of carbonyl (C=O) groups excluding carboxylic acids is 1. The molecule has 0 aliphatic rings. The Balaban J connectivity index is 3.16. The fraction of sp³-hybridized carbons (Fsp3) is 0.412. The fourth-order valence-corrected chi connectivity index (χ4v) is 2.27. The minimum absolute atomic E-state index is 0.0657. The first-order chi connectivity index (χ1) is 9.73. The minimum Gasteiger partial charge on any atom is -0.478 e. The Morgan fingerprint density at radius 1 is 1.24 bits per heavy atom. The van der Waals surface area contributed by atoms with E-state index < -0.39 is 18.0 Å². The number of hydrogen-bond acceptors (Lipinski definition) is 3. The van der Waals surface area contributed by atoms with Gasteiger partial charge in [0.2, 0.25) is 0 Å². The Morgan fingerprint density at radius 2 is 1.86 bits per heavy atom. The van der Waals surface area contributed by atoms with Crippen molar-refractivity contribution in [2.75, 3.05) is 0 Å². The van der Waals surface area contributed by atoms with Gasteiger partial charge in [0.15, 0.2) is 0 Å². The number of carboxylic acids is 1. The van der Waals surface area contributed by atoms with Crippen molar-refractivity contribution in [3.63, 3.8) is 0 Å². The van der Waals surface area contributed by atoms with Gasteiger partial charge >= 0.3 is 5.97 Å². The molecule has 1 aromatic rings. The maximum absolute atomic E-state index is 11.4. The average molecular weight is 290 g/mol. The zero-order chi connectivity index (χ0) is 16.2. The van der Waals surface area contributed by atoms with Crippen molar-refractivity contribution < 1.29 is 19.8 Å². The van der Waals surface area contributed by atoms with Gasteiger partial charge in [-0.25, -0.2) is 4.79 Å². The predicted molar refractivity (Wildman–Crippen MR) is 82.1 cm³/mol. The highest BCUT2D eigenvalue weighted by molar-refractivity contribution is 5.85. The van der Waals surface area contributed by atoms with E-state index in [4.69, 9.17) is 5.11 Å². The predicted octanol–water partition coefficient (Wildman–Crippen LogP) is 2.78. The Bertz CT molecular complexity index is 560. The summed E-state index contributed by atoms with van der Waals surface area (Å²) in [6, 6.07) is 5.66. The molecule has 0 saturated carbocycles. The van der Waals surface area contributed by atoms with Crippen molar-refractivity contribution in [2.45, 2.75) is 39.7 Å². The van der Waals surface area contributed by atoms with Gasteiger partial charge in [0.1, 0.15) is 5.78 Å². The topological polar surface area (TPSA) is 74.6 Å². The van der Waals surface area contributed by atoms with Crippen LogP contribution in [-0.2, 0) is 9.59 Å². The molecule has 0 aromatic heterocycles. The lowest BCUT2D eigenvalue weighted by Crippen LogP contribution is -2.29. The largest absolute Gasteiger partial charge is 0.478 e. The number of carboxylic acid groups (broad SMARTS) is 1. The van der Waals surface area contributed by atoms with Gasteiger partial charge < -0.3 is 10.2 Å². The molecule has 1 aromatic carbocycles. The number of aliphatic carboxylic acids is 1. The lowest BCUT2D eigenvalue weighted by molar-refractivity contribution is -0.131. The highest BCUT2D eigenvalue weighted by Gasteiger charge is 2.26. The molecule has 0 aliphatic carbocycles. The average Bonchev–Trinajstić information content (AvgIpc) is 2.42. The van der Waals surface area contributed by atoms with Crippen molar-refractivity contribution in [2.24, 2.45) is 5.92 Å². The number of aryl methyl sites for hydroxylation is 1. The van der Waals surface area contributed by atoms with Crippen molar-refractivity contribution >= 4 is 17.8 Å². The number of benzene rings is 1. The molecule has 0 aliphatic heterocycles. The number of Topliss-reactive ketones (excluding diaryl/α,β-unsaturated/α-hetero) is 1. The van der Waals surface area contributed by atoms with Crippen molar-refractivity contribution in [3.05, 3.63) is 41.0 Å². The molecule has 0 heterocycles. The summed E-state index contributed by atoms with van der Waals surface area (Å²) < 4.78 is 0. The van der Waals surface area contributed by atoms with Gasteiger partial charge in [-0.3, -0.25) is 4.79 Å². The second-order valence-corrected chi connectivity index (χ2v) is 5.48. The van der Waals surface area contributed by atoms with Crippen molar-refractivity contribution in [1.29, 1.82) is 0 Å². The molecule has 0 radical (unpaired) electrons. The highest BCUT2D eigenvalue weighted by Crippen LogP contribution is 2.28. The Morgan fingerprint density at radius 3 is 2.38 bits per heavy atom. The van der Waals surface area contributed by atoms with E-state index in [1.54, 1.807) is 6.92 Å². The zero-order valence-electron chi connectivity index (χ0n) is 12.8. The first kappa shape index (κ1) is 17.1. The highest BCUT2D eigenvalue weighted by atomic mass is 16.4. The zero-order valence-corrected chi connectivity index (χ0v) is 12.8. The molecule has 4 heteroatoms. The van der Waals surface area contributed by atoms with Crippen LogP contribution in [0.2, 0.25) is 0 Å². The van der Waals surface area contributed by atoms with E-state index in [1.165, 1.54) is 13.0 Å². The molecule has 2 N–H and O–H groups in total. The van der Waals surface area contributed by atoms with E-state index in [-0.39, 0.29) is 11.7 Å². The molecular formula is C17H22O4. The van der Waals surface area contributed by atoms with Crippen LogP contribution in [0.1, 0.15) is 43.4 Å². The molecule has 0 unspecified atom stereocenters. The van der Waals surface area contributed by atoms with Crippen LogP contribution in [-0.4, -0.2) is 28.1 Å². The van der Waals surface area contributed by atoms with E-state index in [1.807, 2.05) is 32.0 Å². The third kappa shape index (κ3) is 4.53. The second-order valence-electron chi connectivity index (χ2n) is 5.48. The first-order valence-electron chi connectivity index (χ1n) is 6.94. The molecule has 3 atom stereocenters. The maximum Gasteiger partial charge on any atom is 0.328 e. The fourth-order valence-electron chi connectivity index (χ4n) is 2.27. The number of aliphatic hydroxyl groups is 1. The van der Waals surface area contributed by atoms with Crippen LogP contribution in [0.5, 0.6) is 0 Å². The summed E-state index contributed by atoms with van der Waals surface area (Å²) in [6.07, 6.45) is 1.79. The van der Waals surface area contributed by atoms with E-state index in [2.05, 4.69) is 0 Å².